The van der Waals surface area contributed by atoms with Crippen LogP contribution in [0, 0.1) is 12.8 Å². The van der Waals surface area contributed by atoms with Crippen LogP contribution in [0.25, 0.3) is 22.2 Å². The van der Waals surface area contributed by atoms with Crippen molar-refractivity contribution in [2.24, 2.45) is 5.92 Å². The van der Waals surface area contributed by atoms with Gasteiger partial charge >= 0.3 is 0 Å². The Labute approximate surface area is 214 Å². The molecular formula is C26H30ClN5O4. The van der Waals surface area contributed by atoms with Gasteiger partial charge in [0.2, 0.25) is 5.91 Å². The molecule has 1 aliphatic heterocycles. The molecule has 1 aromatic carbocycles. The van der Waals surface area contributed by atoms with E-state index in [1.807, 2.05) is 13.0 Å². The second-order valence-corrected chi connectivity index (χ2v) is 9.21. The van der Waals surface area contributed by atoms with Crippen LogP contribution in [0.2, 0.25) is 5.02 Å². The first-order valence-electron chi connectivity index (χ1n) is 11.8. The number of fused-ring (bicyclic) bond motifs is 1. The van der Waals surface area contributed by atoms with E-state index in [1.165, 1.54) is 13.2 Å². The molecule has 3 aromatic rings. The number of halogens is 1. The summed E-state index contributed by atoms with van der Waals surface area (Å²) in [4.78, 5) is 36.6. The first kappa shape index (κ1) is 25.7. The fourth-order valence-electron chi connectivity index (χ4n) is 4.70. The zero-order chi connectivity index (χ0) is 25.8. The van der Waals surface area contributed by atoms with Gasteiger partial charge in [0.25, 0.3) is 5.56 Å². The van der Waals surface area contributed by atoms with Gasteiger partial charge in [-0.05, 0) is 37.8 Å². The van der Waals surface area contributed by atoms with Crippen molar-refractivity contribution in [1.82, 2.24) is 25.6 Å². The van der Waals surface area contributed by atoms with Crippen LogP contribution in [0.5, 0.6) is 11.5 Å². The van der Waals surface area contributed by atoms with Crippen LogP contribution in [0.1, 0.15) is 24.2 Å². The highest BCUT2D eigenvalue weighted by Crippen LogP contribution is 2.42. The normalized spacial score (nSPS) is 17.2. The van der Waals surface area contributed by atoms with Gasteiger partial charge in [-0.15, -0.1) is 0 Å². The van der Waals surface area contributed by atoms with Crippen LogP contribution in [0.15, 0.2) is 35.8 Å². The molecule has 0 saturated carbocycles. The van der Waals surface area contributed by atoms with Crippen molar-refractivity contribution >= 4 is 28.4 Å². The molecule has 3 heterocycles. The minimum atomic E-state index is -0.324. The fourth-order valence-corrected chi connectivity index (χ4v) is 5.07. The molecule has 36 heavy (non-hydrogen) atoms. The predicted molar refractivity (Wildman–Crippen MR) is 140 cm³/mol. The molecule has 3 N–H and O–H groups in total. The Kier molecular flexibility index (Phi) is 7.91. The lowest BCUT2D eigenvalue weighted by Crippen LogP contribution is -2.39. The number of carbonyl (C=O) groups is 1. The number of aromatic amines is 1. The Morgan fingerprint density at radius 2 is 2.06 bits per heavy atom. The lowest BCUT2D eigenvalue weighted by Gasteiger charge is -2.19. The molecule has 1 saturated heterocycles. The minimum Gasteiger partial charge on any atom is -0.496 e. The molecule has 4 rings (SSSR count). The van der Waals surface area contributed by atoms with Crippen molar-refractivity contribution in [1.29, 1.82) is 0 Å². The number of methoxy groups -OCH3 is 2. The fraction of sp³-hybridized carbons (Fsp3) is 0.385. The van der Waals surface area contributed by atoms with Gasteiger partial charge in [-0.1, -0.05) is 18.2 Å². The largest absolute Gasteiger partial charge is 0.496 e. The van der Waals surface area contributed by atoms with E-state index < -0.39 is 0 Å². The third-order valence-corrected chi connectivity index (χ3v) is 6.99. The van der Waals surface area contributed by atoms with Gasteiger partial charge in [-0.3, -0.25) is 9.59 Å². The zero-order valence-corrected chi connectivity index (χ0v) is 21.4. The lowest BCUT2D eigenvalue weighted by molar-refractivity contribution is -0.117. The summed E-state index contributed by atoms with van der Waals surface area (Å²) in [5, 5.41) is 7.30. The number of aromatic nitrogens is 3. The third kappa shape index (κ3) is 5.22. The monoisotopic (exact) mass is 511 g/mol. The van der Waals surface area contributed by atoms with Gasteiger partial charge in [-0.25, -0.2) is 9.97 Å². The van der Waals surface area contributed by atoms with E-state index in [4.69, 9.17) is 21.1 Å². The number of amides is 1. The quantitative estimate of drug-likeness (QED) is 0.377. The molecule has 1 aliphatic rings. The van der Waals surface area contributed by atoms with Crippen LogP contribution in [-0.4, -0.2) is 54.2 Å². The van der Waals surface area contributed by atoms with Crippen molar-refractivity contribution in [2.75, 3.05) is 27.3 Å². The van der Waals surface area contributed by atoms with E-state index in [9.17, 15) is 9.59 Å². The Morgan fingerprint density at radius 1 is 1.28 bits per heavy atom. The molecule has 9 nitrogen and oxygen atoms in total. The van der Waals surface area contributed by atoms with Crippen LogP contribution in [0.4, 0.5) is 0 Å². The smallest absolute Gasteiger partial charge is 0.275 e. The topological polar surface area (TPSA) is 118 Å². The van der Waals surface area contributed by atoms with Crippen LogP contribution < -0.4 is 25.7 Å². The van der Waals surface area contributed by atoms with E-state index in [0.29, 0.717) is 56.8 Å². The highest BCUT2D eigenvalue weighted by molar-refractivity contribution is 6.35. The lowest BCUT2D eigenvalue weighted by atomic mass is 9.96. The van der Waals surface area contributed by atoms with E-state index in [0.717, 1.165) is 31.5 Å². The second kappa shape index (κ2) is 11.1. The van der Waals surface area contributed by atoms with Gasteiger partial charge in [0.05, 0.1) is 24.9 Å². The molecule has 2 aromatic heterocycles. The van der Waals surface area contributed by atoms with Crippen LogP contribution in [0.3, 0.4) is 0 Å². The third-order valence-electron chi connectivity index (χ3n) is 6.61. The molecule has 0 radical (unpaired) electrons. The molecule has 1 amide bonds. The number of carbonyl (C=O) groups excluding carboxylic acids is 1. The Balaban J connectivity index is 1.54. The maximum atomic E-state index is 13.0. The molecule has 1 fully saturated rings. The summed E-state index contributed by atoms with van der Waals surface area (Å²) < 4.78 is 10.8. The van der Waals surface area contributed by atoms with Crippen molar-refractivity contribution in [3.63, 3.8) is 0 Å². The highest BCUT2D eigenvalue weighted by atomic mass is 35.5. The summed E-state index contributed by atoms with van der Waals surface area (Å²) in [7, 11) is 3.09. The van der Waals surface area contributed by atoms with E-state index in [2.05, 4.69) is 32.2 Å². The van der Waals surface area contributed by atoms with Gasteiger partial charge in [-0.2, -0.15) is 0 Å². The molecule has 2 atom stereocenters. The maximum Gasteiger partial charge on any atom is 0.275 e. The number of H-pyrrole nitrogens is 1. The molecule has 1 unspecified atom stereocenters. The summed E-state index contributed by atoms with van der Waals surface area (Å²) in [6.45, 7) is 6.98. The van der Waals surface area contributed by atoms with Crippen molar-refractivity contribution in [3.05, 3.63) is 57.7 Å². The zero-order valence-electron chi connectivity index (χ0n) is 20.6. The standard InChI is InChI=1S/C26H30ClN5O4/c1-5-22(33)30-18-13-28-11-15(18)7-6-8-21-29-12-16-9-17(31-26(34)25(16)32-21)23-14(2)19(35-3)10-20(36-4)24(23)27/h5,9-10,12,15,18,28H,1,6-8,11,13H2,2-4H3,(H,30,33)(H,31,34)/t15?,18-/m0/s1. The maximum absolute atomic E-state index is 13.0. The van der Waals surface area contributed by atoms with Crippen molar-refractivity contribution in [3.8, 4) is 22.8 Å². The first-order chi connectivity index (χ1) is 17.4. The number of hydrogen-bond donors (Lipinski definition) is 3. The summed E-state index contributed by atoms with van der Waals surface area (Å²) in [6.07, 6.45) is 5.34. The number of aryl methyl sites for hydroxylation is 1. The van der Waals surface area contributed by atoms with Gasteiger partial charge in [0.15, 0.2) is 0 Å². The number of nitrogens with one attached hydrogen (secondary N) is 3. The number of nitrogens with zero attached hydrogens (tertiary/aromatic N) is 2. The molecule has 0 bridgehead atoms. The molecular weight excluding hydrogens is 482 g/mol. The number of pyridine rings is 1. The molecule has 0 spiro atoms. The van der Waals surface area contributed by atoms with Crippen LogP contribution in [-0.2, 0) is 11.2 Å². The molecule has 0 aliphatic carbocycles. The van der Waals surface area contributed by atoms with Gasteiger partial charge in [0.1, 0.15) is 22.8 Å². The highest BCUT2D eigenvalue weighted by Gasteiger charge is 2.27. The average Bonchev–Trinajstić information content (AvgIpc) is 3.31. The summed E-state index contributed by atoms with van der Waals surface area (Å²) in [5.74, 6) is 1.82. The van der Waals surface area contributed by atoms with E-state index >= 15 is 0 Å². The van der Waals surface area contributed by atoms with Gasteiger partial charge in [0, 0.05) is 54.3 Å². The molecule has 190 valence electrons. The Morgan fingerprint density at radius 3 is 2.78 bits per heavy atom. The van der Waals surface area contributed by atoms with E-state index in [-0.39, 0.29) is 17.5 Å². The number of ether oxygens (including phenoxy) is 2. The summed E-state index contributed by atoms with van der Waals surface area (Å²) in [6, 6.07) is 3.61. The minimum absolute atomic E-state index is 0.0832. The Bertz CT molecular complexity index is 1330. The Hall–Kier alpha value is -3.43. The number of rotatable bonds is 9. The summed E-state index contributed by atoms with van der Waals surface area (Å²) in [5.41, 5.74) is 1.94. The number of benzene rings is 1. The average molecular weight is 512 g/mol. The summed E-state index contributed by atoms with van der Waals surface area (Å²) >= 11 is 6.60. The predicted octanol–water partition coefficient (Wildman–Crippen LogP) is 3.18. The molecule has 10 heteroatoms. The SMILES string of the molecule is C=CC(=O)N[C@H]1CNCC1CCCc1ncc2cc(-c3c(C)c(OC)cc(OC)c3Cl)[nH]c(=O)c2n1. The van der Waals surface area contributed by atoms with Gasteiger partial charge < -0.3 is 25.1 Å². The van der Waals surface area contributed by atoms with E-state index in [1.54, 1.807) is 19.4 Å². The number of hydrogen-bond acceptors (Lipinski definition) is 7. The van der Waals surface area contributed by atoms with Crippen molar-refractivity contribution in [2.45, 2.75) is 32.2 Å². The van der Waals surface area contributed by atoms with Crippen LogP contribution >= 0.6 is 11.6 Å². The first-order valence-corrected chi connectivity index (χ1v) is 12.2. The second-order valence-electron chi connectivity index (χ2n) is 8.83. The van der Waals surface area contributed by atoms with Crippen molar-refractivity contribution < 1.29 is 14.3 Å².